The molecule has 0 aromatic carbocycles. The molecule has 1 aliphatic heterocycles. The number of carbonyl (C=O) groups is 1. The average Bonchev–Trinajstić information content (AvgIpc) is 2.53. The van der Waals surface area contributed by atoms with Crippen molar-refractivity contribution in [1.29, 1.82) is 0 Å². The molecule has 2 rings (SSSR count). The van der Waals surface area contributed by atoms with Crippen LogP contribution in [0.25, 0.3) is 0 Å². The summed E-state index contributed by atoms with van der Waals surface area (Å²) in [6.07, 6.45) is 2.40. The molecule has 1 aromatic heterocycles. The Bertz CT molecular complexity index is 422. The second-order valence-electron chi connectivity index (χ2n) is 3.06. The van der Waals surface area contributed by atoms with E-state index >= 15 is 0 Å². The van der Waals surface area contributed by atoms with Gasteiger partial charge >= 0.3 is 0 Å². The minimum Gasteiger partial charge on any atom is -0.312 e. The maximum Gasteiger partial charge on any atom is 0.252 e. The number of fused-ring (bicyclic) bond motifs is 1. The van der Waals surface area contributed by atoms with Crippen molar-refractivity contribution in [1.82, 2.24) is 4.57 Å². The van der Waals surface area contributed by atoms with Gasteiger partial charge in [0.15, 0.2) is 6.29 Å². The predicted octanol–water partition coefficient (Wildman–Crippen LogP) is 1.26. The predicted molar refractivity (Wildman–Crippen MR) is 49.4 cm³/mol. The van der Waals surface area contributed by atoms with E-state index in [1.165, 1.54) is 6.07 Å². The van der Waals surface area contributed by atoms with Crippen LogP contribution in [0.5, 0.6) is 0 Å². The van der Waals surface area contributed by atoms with E-state index in [2.05, 4.69) is 0 Å². The number of aldehydes is 1. The van der Waals surface area contributed by atoms with Crippen LogP contribution in [-0.4, -0.2) is 10.9 Å². The fourth-order valence-corrected chi connectivity index (χ4v) is 1.97. The number of nitrogens with zero attached hydrogens (tertiary/aromatic N) is 1. The maximum absolute atomic E-state index is 11.4. The van der Waals surface area contributed by atoms with Gasteiger partial charge in [-0.2, -0.15) is 0 Å². The summed E-state index contributed by atoms with van der Waals surface area (Å²) in [5, 5.41) is 0.271. The molecule has 0 atom stereocenters. The highest BCUT2D eigenvalue weighted by Gasteiger charge is 2.18. The summed E-state index contributed by atoms with van der Waals surface area (Å²) in [5.74, 6) is 0. The topological polar surface area (TPSA) is 39.1 Å². The number of halogens is 1. The zero-order valence-corrected chi connectivity index (χ0v) is 7.67. The van der Waals surface area contributed by atoms with Crippen molar-refractivity contribution in [2.24, 2.45) is 0 Å². The Morgan fingerprint density at radius 2 is 2.31 bits per heavy atom. The lowest BCUT2D eigenvalue weighted by molar-refractivity contribution is 0.112. The fraction of sp³-hybridized carbons (Fsp3) is 0.333. The Hall–Kier alpha value is -1.09. The van der Waals surface area contributed by atoms with Gasteiger partial charge in [-0.15, -0.1) is 0 Å². The van der Waals surface area contributed by atoms with Crippen LogP contribution in [0.3, 0.4) is 0 Å². The number of rotatable bonds is 1. The molecule has 0 radical (unpaired) electrons. The molecule has 0 saturated carbocycles. The van der Waals surface area contributed by atoms with Crippen LogP contribution in [0, 0.1) is 0 Å². The van der Waals surface area contributed by atoms with Crippen molar-refractivity contribution in [3.63, 3.8) is 0 Å². The smallest absolute Gasteiger partial charge is 0.252 e. The van der Waals surface area contributed by atoms with Gasteiger partial charge in [-0.3, -0.25) is 9.59 Å². The molecule has 1 aliphatic rings. The normalized spacial score (nSPS) is 14.2. The first-order valence-corrected chi connectivity index (χ1v) is 4.49. The quantitative estimate of drug-likeness (QED) is 0.636. The number of pyridine rings is 1. The highest BCUT2D eigenvalue weighted by Crippen LogP contribution is 2.21. The van der Waals surface area contributed by atoms with Crippen molar-refractivity contribution >= 4 is 17.9 Å². The van der Waals surface area contributed by atoms with E-state index in [0.29, 0.717) is 12.1 Å². The molecule has 1 aromatic rings. The van der Waals surface area contributed by atoms with E-state index in [-0.39, 0.29) is 10.6 Å². The summed E-state index contributed by atoms with van der Waals surface area (Å²) in [7, 11) is 0. The third kappa shape index (κ3) is 1.20. The van der Waals surface area contributed by atoms with Crippen LogP contribution >= 0.6 is 11.6 Å². The Morgan fingerprint density at radius 3 is 3.00 bits per heavy atom. The molecule has 0 bridgehead atoms. The van der Waals surface area contributed by atoms with Gasteiger partial charge < -0.3 is 4.57 Å². The van der Waals surface area contributed by atoms with Gasteiger partial charge in [0.05, 0.1) is 10.6 Å². The lowest BCUT2D eigenvalue weighted by Gasteiger charge is -2.05. The summed E-state index contributed by atoms with van der Waals surface area (Å²) in [5.41, 5.74) is 1.15. The standard InChI is InChI=1S/C9H8ClNO2/c10-7-4-9(13)11-3-1-2-8(11)6(7)5-12/h4-5H,1-3H2. The van der Waals surface area contributed by atoms with Gasteiger partial charge in [-0.25, -0.2) is 0 Å². The largest absolute Gasteiger partial charge is 0.312 e. The highest BCUT2D eigenvalue weighted by atomic mass is 35.5. The summed E-state index contributed by atoms with van der Waals surface area (Å²) >= 11 is 5.77. The van der Waals surface area contributed by atoms with Crippen LogP contribution in [0.15, 0.2) is 10.9 Å². The van der Waals surface area contributed by atoms with Crippen molar-refractivity contribution in [3.8, 4) is 0 Å². The van der Waals surface area contributed by atoms with Crippen LogP contribution in [0.1, 0.15) is 22.5 Å². The molecule has 0 fully saturated rings. The van der Waals surface area contributed by atoms with Crippen molar-refractivity contribution in [2.45, 2.75) is 19.4 Å². The van der Waals surface area contributed by atoms with Gasteiger partial charge in [-0.1, -0.05) is 11.6 Å². The summed E-state index contributed by atoms with van der Waals surface area (Å²) in [6, 6.07) is 1.31. The zero-order valence-electron chi connectivity index (χ0n) is 6.92. The third-order valence-corrected chi connectivity index (χ3v) is 2.64. The maximum atomic E-state index is 11.4. The summed E-state index contributed by atoms with van der Waals surface area (Å²) < 4.78 is 1.62. The van der Waals surface area contributed by atoms with E-state index in [9.17, 15) is 9.59 Å². The number of hydrogen-bond acceptors (Lipinski definition) is 2. The first-order valence-electron chi connectivity index (χ1n) is 4.11. The zero-order chi connectivity index (χ0) is 9.42. The molecule has 13 heavy (non-hydrogen) atoms. The molecule has 68 valence electrons. The van der Waals surface area contributed by atoms with Gasteiger partial charge in [0.25, 0.3) is 5.56 Å². The van der Waals surface area contributed by atoms with Crippen LogP contribution in [-0.2, 0) is 13.0 Å². The van der Waals surface area contributed by atoms with Crippen LogP contribution in [0.4, 0.5) is 0 Å². The van der Waals surface area contributed by atoms with E-state index in [1.54, 1.807) is 4.57 Å². The Labute approximate surface area is 79.9 Å². The van der Waals surface area contributed by atoms with Crippen molar-refractivity contribution in [2.75, 3.05) is 0 Å². The number of carbonyl (C=O) groups excluding carboxylic acids is 1. The molecule has 0 amide bonds. The van der Waals surface area contributed by atoms with Crippen molar-refractivity contribution < 1.29 is 4.79 Å². The fourth-order valence-electron chi connectivity index (χ4n) is 1.72. The molecular formula is C9H8ClNO2. The lowest BCUT2D eigenvalue weighted by Crippen LogP contribution is -2.19. The van der Waals surface area contributed by atoms with Crippen molar-refractivity contribution in [3.05, 3.63) is 32.7 Å². The minimum atomic E-state index is -0.108. The molecule has 0 aliphatic carbocycles. The molecule has 0 saturated heterocycles. The monoisotopic (exact) mass is 197 g/mol. The minimum absolute atomic E-state index is 0.108. The molecule has 2 heterocycles. The van der Waals surface area contributed by atoms with E-state index < -0.39 is 0 Å². The molecule has 0 unspecified atom stereocenters. The average molecular weight is 198 g/mol. The molecule has 0 N–H and O–H groups in total. The SMILES string of the molecule is O=Cc1c(Cl)cc(=O)n2c1CCC2. The molecule has 3 nitrogen and oxygen atoms in total. The van der Waals surface area contributed by atoms with Gasteiger partial charge in [0.2, 0.25) is 0 Å². The van der Waals surface area contributed by atoms with Gasteiger partial charge in [-0.05, 0) is 12.8 Å². The first kappa shape index (κ1) is 8.51. The second-order valence-corrected chi connectivity index (χ2v) is 3.47. The van der Waals surface area contributed by atoms with E-state index in [0.717, 1.165) is 24.8 Å². The van der Waals surface area contributed by atoms with E-state index in [1.807, 2.05) is 0 Å². The third-order valence-electron chi connectivity index (χ3n) is 2.32. The molecule has 0 spiro atoms. The highest BCUT2D eigenvalue weighted by molar-refractivity contribution is 6.33. The summed E-state index contributed by atoms with van der Waals surface area (Å²) in [4.78, 5) is 22.1. The first-order chi connectivity index (χ1) is 6.24. The van der Waals surface area contributed by atoms with Gasteiger partial charge in [0, 0.05) is 18.3 Å². The molecule has 4 heteroatoms. The molecular weight excluding hydrogens is 190 g/mol. The summed E-state index contributed by atoms with van der Waals surface area (Å²) in [6.45, 7) is 0.701. The lowest BCUT2D eigenvalue weighted by atomic mass is 10.2. The van der Waals surface area contributed by atoms with Crippen LogP contribution < -0.4 is 5.56 Å². The Kier molecular flexibility index (Phi) is 1.96. The Morgan fingerprint density at radius 1 is 1.54 bits per heavy atom. The Balaban J connectivity index is 2.79. The van der Waals surface area contributed by atoms with E-state index in [4.69, 9.17) is 11.6 Å². The number of aromatic nitrogens is 1. The van der Waals surface area contributed by atoms with Crippen LogP contribution in [0.2, 0.25) is 5.02 Å². The van der Waals surface area contributed by atoms with Gasteiger partial charge in [0.1, 0.15) is 0 Å². The second kappa shape index (κ2) is 3.00. The number of hydrogen-bond donors (Lipinski definition) is 0.